The maximum Gasteiger partial charge on any atom is 0.222 e. The first-order valence-corrected chi connectivity index (χ1v) is 7.27. The van der Waals surface area contributed by atoms with Gasteiger partial charge in [-0.2, -0.15) is 5.10 Å². The van der Waals surface area contributed by atoms with Crippen LogP contribution in [-0.2, 0) is 17.9 Å². The Hall–Kier alpha value is -1.62. The van der Waals surface area contributed by atoms with Gasteiger partial charge in [0.15, 0.2) is 0 Å². The van der Waals surface area contributed by atoms with Gasteiger partial charge in [-0.25, -0.2) is 0 Å². The van der Waals surface area contributed by atoms with Crippen molar-refractivity contribution >= 4 is 5.91 Å². The quantitative estimate of drug-likeness (QED) is 0.709. The van der Waals surface area contributed by atoms with Crippen LogP contribution in [0.25, 0.3) is 0 Å². The molecule has 5 nitrogen and oxygen atoms in total. The van der Waals surface area contributed by atoms with Gasteiger partial charge in [0.25, 0.3) is 0 Å². The number of likely N-dealkylation sites (tertiary alicyclic amines) is 1. The zero-order chi connectivity index (χ0) is 14.4. The molecule has 110 valence electrons. The van der Waals surface area contributed by atoms with Gasteiger partial charge >= 0.3 is 0 Å². The first-order chi connectivity index (χ1) is 9.69. The number of hydrogen-bond acceptors (Lipinski definition) is 3. The minimum Gasteiger partial charge on any atom is -0.341 e. The fourth-order valence-electron chi connectivity index (χ4n) is 2.50. The zero-order valence-corrected chi connectivity index (χ0v) is 12.3. The van der Waals surface area contributed by atoms with Crippen LogP contribution < -0.4 is 0 Å². The monoisotopic (exact) mass is 276 g/mol. The third kappa shape index (κ3) is 4.20. The number of allylic oxidation sites excluding steroid dienone is 1. The van der Waals surface area contributed by atoms with Gasteiger partial charge in [0.1, 0.15) is 0 Å². The predicted octanol–water partition coefficient (Wildman–Crippen LogP) is 1.51. The number of carbonyl (C=O) groups is 1. The molecule has 20 heavy (non-hydrogen) atoms. The van der Waals surface area contributed by atoms with Crippen LogP contribution in [0.1, 0.15) is 24.8 Å². The summed E-state index contributed by atoms with van der Waals surface area (Å²) in [5, 5.41) is 4.28. The molecule has 1 saturated heterocycles. The van der Waals surface area contributed by atoms with Crippen LogP contribution in [0.2, 0.25) is 0 Å². The molecular weight excluding hydrogens is 252 g/mol. The Morgan fingerprint density at radius 2 is 2.35 bits per heavy atom. The molecule has 1 fully saturated rings. The summed E-state index contributed by atoms with van der Waals surface area (Å²) < 4.78 is 1.88. The largest absolute Gasteiger partial charge is 0.341 e. The van der Waals surface area contributed by atoms with E-state index in [1.807, 2.05) is 28.1 Å². The summed E-state index contributed by atoms with van der Waals surface area (Å²) in [4.78, 5) is 15.9. The summed E-state index contributed by atoms with van der Waals surface area (Å²) in [6.45, 7) is 7.96. The Morgan fingerprint density at radius 1 is 1.50 bits per heavy atom. The zero-order valence-electron chi connectivity index (χ0n) is 12.3. The lowest BCUT2D eigenvalue weighted by Gasteiger charge is -2.28. The predicted molar refractivity (Wildman–Crippen MR) is 79.2 cm³/mol. The molecule has 5 heteroatoms. The van der Waals surface area contributed by atoms with Crippen molar-refractivity contribution in [1.29, 1.82) is 0 Å². The van der Waals surface area contributed by atoms with Crippen LogP contribution in [0, 0.1) is 0 Å². The van der Waals surface area contributed by atoms with Crippen molar-refractivity contribution in [3.8, 4) is 0 Å². The van der Waals surface area contributed by atoms with Crippen LogP contribution >= 0.6 is 0 Å². The molecule has 0 spiro atoms. The van der Waals surface area contributed by atoms with Gasteiger partial charge in [0, 0.05) is 44.4 Å². The summed E-state index contributed by atoms with van der Waals surface area (Å²) in [5.41, 5.74) is 1.19. The Morgan fingerprint density at radius 3 is 3.10 bits per heavy atom. The van der Waals surface area contributed by atoms with E-state index >= 15 is 0 Å². The highest BCUT2D eigenvalue weighted by atomic mass is 16.2. The molecule has 0 unspecified atom stereocenters. The summed E-state index contributed by atoms with van der Waals surface area (Å²) in [6.07, 6.45) is 8.69. The fourth-order valence-corrected chi connectivity index (χ4v) is 2.50. The van der Waals surface area contributed by atoms with Crippen LogP contribution in [0.3, 0.4) is 0 Å². The van der Waals surface area contributed by atoms with Crippen molar-refractivity contribution < 1.29 is 4.79 Å². The number of likely N-dealkylation sites (N-methyl/N-ethyl adjacent to an activating group) is 1. The summed E-state index contributed by atoms with van der Waals surface area (Å²) in [5.74, 6) is 0.309. The molecule has 0 saturated carbocycles. The van der Waals surface area contributed by atoms with Gasteiger partial charge in [-0.3, -0.25) is 9.48 Å². The molecule has 0 bridgehead atoms. The topological polar surface area (TPSA) is 41.4 Å². The van der Waals surface area contributed by atoms with E-state index in [0.717, 1.165) is 52.0 Å². The van der Waals surface area contributed by atoms with Crippen LogP contribution in [-0.4, -0.2) is 52.2 Å². The van der Waals surface area contributed by atoms with Gasteiger partial charge in [-0.1, -0.05) is 6.08 Å². The molecule has 1 aromatic rings. The van der Waals surface area contributed by atoms with E-state index < -0.39 is 0 Å². The van der Waals surface area contributed by atoms with E-state index in [9.17, 15) is 4.79 Å². The van der Waals surface area contributed by atoms with E-state index in [1.54, 1.807) is 0 Å². The molecular formula is C15H24N4O. The Labute approximate surface area is 120 Å². The average Bonchev–Trinajstić information content (AvgIpc) is 2.85. The van der Waals surface area contributed by atoms with Crippen molar-refractivity contribution in [2.45, 2.75) is 32.4 Å². The molecule has 0 aromatic carbocycles. The number of hydrogen-bond donors (Lipinski definition) is 0. The van der Waals surface area contributed by atoms with Crippen LogP contribution in [0.15, 0.2) is 25.0 Å². The normalized spacial score (nSPS) is 15.9. The highest BCUT2D eigenvalue weighted by Crippen LogP contribution is 2.10. The minimum atomic E-state index is 0.309. The van der Waals surface area contributed by atoms with Crippen LogP contribution in [0.5, 0.6) is 0 Å². The van der Waals surface area contributed by atoms with Crippen LogP contribution in [0.4, 0.5) is 0 Å². The highest BCUT2D eigenvalue weighted by Gasteiger charge is 2.17. The number of amides is 1. The number of carbonyl (C=O) groups excluding carboxylic acids is 1. The summed E-state index contributed by atoms with van der Waals surface area (Å²) in [7, 11) is 2.08. The third-order valence-electron chi connectivity index (χ3n) is 3.63. The summed E-state index contributed by atoms with van der Waals surface area (Å²) >= 11 is 0. The van der Waals surface area contributed by atoms with Crippen molar-refractivity contribution in [2.24, 2.45) is 0 Å². The molecule has 0 radical (unpaired) electrons. The maximum atomic E-state index is 11.7. The Bertz CT molecular complexity index is 454. The number of nitrogens with zero attached hydrogens (tertiary/aromatic N) is 4. The van der Waals surface area contributed by atoms with E-state index in [1.165, 1.54) is 5.56 Å². The lowest BCUT2D eigenvalue weighted by atomic mass is 10.1. The van der Waals surface area contributed by atoms with E-state index in [0.29, 0.717) is 5.91 Å². The second-order valence-electron chi connectivity index (χ2n) is 5.43. The molecule has 1 aromatic heterocycles. The number of rotatable bonds is 7. The fraction of sp³-hybridized carbons (Fsp3) is 0.600. The van der Waals surface area contributed by atoms with Gasteiger partial charge in [-0.15, -0.1) is 6.58 Å². The Kier molecular flexibility index (Phi) is 5.35. The number of aromatic nitrogens is 2. The number of piperidine rings is 1. The van der Waals surface area contributed by atoms with E-state index in [4.69, 9.17) is 0 Å². The lowest BCUT2D eigenvalue weighted by Crippen LogP contribution is -2.40. The second kappa shape index (κ2) is 7.24. The van der Waals surface area contributed by atoms with Crippen molar-refractivity contribution in [1.82, 2.24) is 19.6 Å². The molecule has 1 aliphatic heterocycles. The second-order valence-corrected chi connectivity index (χ2v) is 5.43. The summed E-state index contributed by atoms with van der Waals surface area (Å²) in [6, 6.07) is 0. The lowest BCUT2D eigenvalue weighted by molar-refractivity contribution is -0.133. The van der Waals surface area contributed by atoms with Crippen molar-refractivity contribution in [3.63, 3.8) is 0 Å². The third-order valence-corrected chi connectivity index (χ3v) is 3.63. The molecule has 0 N–H and O–H groups in total. The molecule has 1 amide bonds. The van der Waals surface area contributed by atoms with Gasteiger partial charge in [0.2, 0.25) is 5.91 Å². The van der Waals surface area contributed by atoms with E-state index in [2.05, 4.69) is 23.6 Å². The maximum absolute atomic E-state index is 11.7. The van der Waals surface area contributed by atoms with Gasteiger partial charge < -0.3 is 9.80 Å². The van der Waals surface area contributed by atoms with Crippen molar-refractivity contribution in [3.05, 3.63) is 30.6 Å². The molecule has 0 aliphatic carbocycles. The molecule has 2 heterocycles. The highest BCUT2D eigenvalue weighted by molar-refractivity contribution is 5.76. The minimum absolute atomic E-state index is 0.309. The molecule has 1 aliphatic rings. The van der Waals surface area contributed by atoms with E-state index in [-0.39, 0.29) is 0 Å². The van der Waals surface area contributed by atoms with Gasteiger partial charge in [0.05, 0.1) is 12.7 Å². The average molecular weight is 276 g/mol. The first-order valence-electron chi connectivity index (χ1n) is 7.27. The smallest absolute Gasteiger partial charge is 0.222 e. The SMILES string of the molecule is C=CCn1cc(CN(C)CCN2CCCCC2=O)cn1. The Balaban J connectivity index is 1.75. The molecule has 0 atom stereocenters. The standard InChI is InChI=1S/C15H24N4O/c1-3-7-19-13-14(11-16-19)12-17(2)9-10-18-8-5-4-6-15(18)20/h3,11,13H,1,4-10,12H2,2H3. The molecule has 2 rings (SSSR count). The van der Waals surface area contributed by atoms with Crippen molar-refractivity contribution in [2.75, 3.05) is 26.7 Å². The first kappa shape index (κ1) is 14.8. The van der Waals surface area contributed by atoms with Gasteiger partial charge in [-0.05, 0) is 19.9 Å².